The molecule has 1 saturated heterocycles. The van der Waals surface area contributed by atoms with Gasteiger partial charge in [0.25, 0.3) is 0 Å². The average Bonchev–Trinajstić information content (AvgIpc) is 3.39. The van der Waals surface area contributed by atoms with Crippen molar-refractivity contribution in [2.24, 2.45) is 34.0 Å². The van der Waals surface area contributed by atoms with Crippen LogP contribution in [0.4, 0.5) is 13.2 Å². The topological polar surface area (TPSA) is 89.9 Å². The number of hydrogen-bond donors (Lipinski definition) is 1. The number of carbonyl (C=O) groups is 3. The highest BCUT2D eigenvalue weighted by molar-refractivity contribution is 8.13. The van der Waals surface area contributed by atoms with Crippen molar-refractivity contribution in [1.29, 1.82) is 0 Å². The van der Waals surface area contributed by atoms with Crippen LogP contribution in [-0.2, 0) is 23.9 Å². The van der Waals surface area contributed by atoms with E-state index in [1.165, 1.54) is 19.1 Å². The van der Waals surface area contributed by atoms with Crippen LogP contribution in [-0.4, -0.2) is 64.7 Å². The number of aliphatic hydroxyl groups excluding tert-OH is 1. The molecule has 38 heavy (non-hydrogen) atoms. The summed E-state index contributed by atoms with van der Waals surface area (Å²) in [5.74, 6) is -3.42. The van der Waals surface area contributed by atoms with E-state index in [-0.39, 0.29) is 31.4 Å². The second kappa shape index (κ2) is 8.93. The Morgan fingerprint density at radius 3 is 2.58 bits per heavy atom. The quantitative estimate of drug-likeness (QED) is 0.512. The molecule has 0 aromatic heterocycles. The second-order valence-corrected chi connectivity index (χ2v) is 13.4. The summed E-state index contributed by atoms with van der Waals surface area (Å²) >= 11 is 0.395. The van der Waals surface area contributed by atoms with E-state index in [1.54, 1.807) is 20.8 Å². The fraction of sp³-hybridized carbons (Fsp3) is 0.750. The summed E-state index contributed by atoms with van der Waals surface area (Å²) in [7, 11) is 0. The summed E-state index contributed by atoms with van der Waals surface area (Å²) in [5, 5.41) is 10.9. The molecule has 5 rings (SSSR count). The zero-order valence-electron chi connectivity index (χ0n) is 22.1. The molecule has 3 saturated carbocycles. The lowest BCUT2D eigenvalue weighted by Crippen LogP contribution is -2.71. The normalized spacial score (nSPS) is 49.6. The van der Waals surface area contributed by atoms with Crippen LogP contribution in [0, 0.1) is 34.0 Å². The Bertz CT molecular complexity index is 1120. The van der Waals surface area contributed by atoms with Crippen LogP contribution in [0.5, 0.6) is 0 Å². The van der Waals surface area contributed by atoms with Crippen molar-refractivity contribution in [3.8, 4) is 0 Å². The Kier molecular flexibility index (Phi) is 6.56. The first kappa shape index (κ1) is 27.9. The lowest BCUT2D eigenvalue weighted by atomic mass is 9.44. The van der Waals surface area contributed by atoms with Gasteiger partial charge in [0.2, 0.25) is 5.12 Å². The molecule has 0 aromatic carbocycles. The van der Waals surface area contributed by atoms with Crippen LogP contribution in [0.1, 0.15) is 53.4 Å². The number of thioether (sulfide) groups is 1. The van der Waals surface area contributed by atoms with Gasteiger partial charge in [-0.05, 0) is 74.9 Å². The number of ketones is 1. The molecule has 0 aromatic rings. The molecule has 5 unspecified atom stereocenters. The monoisotopic (exact) mass is 556 g/mol. The number of ether oxygens (including phenoxy) is 2. The van der Waals surface area contributed by atoms with Gasteiger partial charge in [-0.1, -0.05) is 19.9 Å². The fourth-order valence-corrected chi connectivity index (χ4v) is 9.26. The Morgan fingerprint density at radius 2 is 1.95 bits per heavy atom. The van der Waals surface area contributed by atoms with Gasteiger partial charge in [-0.2, -0.15) is 0 Å². The number of alkyl halides is 3. The minimum Gasteiger partial charge on any atom is -0.449 e. The summed E-state index contributed by atoms with van der Waals surface area (Å²) in [5.41, 5.74) is -8.02. The molecule has 10 heteroatoms. The average molecular weight is 557 g/mol. The zero-order chi connectivity index (χ0) is 27.9. The molecule has 1 N–H and O–H groups in total. The number of allylic oxidation sites excluding steroid dienone is 4. The van der Waals surface area contributed by atoms with Crippen LogP contribution in [0.25, 0.3) is 0 Å². The van der Waals surface area contributed by atoms with Gasteiger partial charge in [-0.15, -0.1) is 0 Å². The van der Waals surface area contributed by atoms with Crippen molar-refractivity contribution in [2.75, 3.05) is 19.2 Å². The van der Waals surface area contributed by atoms with Gasteiger partial charge in [0.15, 0.2) is 17.1 Å². The Hall–Kier alpha value is -1.65. The summed E-state index contributed by atoms with van der Waals surface area (Å²) in [6, 6.07) is -1.04. The molecule has 1 aliphatic heterocycles. The smallest absolute Gasteiger partial charge is 0.315 e. The maximum atomic E-state index is 17.4. The van der Waals surface area contributed by atoms with Gasteiger partial charge in [-0.25, -0.2) is 13.2 Å². The number of esters is 1. The molecule has 0 radical (unpaired) electrons. The second-order valence-electron chi connectivity index (χ2n) is 12.5. The first-order chi connectivity index (χ1) is 17.7. The minimum absolute atomic E-state index is 0.00774. The minimum atomic E-state index is -2.33. The molecule has 0 amide bonds. The van der Waals surface area contributed by atoms with Crippen molar-refractivity contribution in [1.82, 2.24) is 0 Å². The molecule has 210 valence electrons. The molecule has 0 bridgehead atoms. The van der Waals surface area contributed by atoms with Crippen molar-refractivity contribution in [2.45, 2.75) is 76.9 Å². The summed E-state index contributed by atoms with van der Waals surface area (Å²) < 4.78 is 58.3. The first-order valence-electron chi connectivity index (χ1n) is 13.2. The summed E-state index contributed by atoms with van der Waals surface area (Å²) in [6.45, 7) is 7.06. The number of fused-ring (bicyclic) bond motifs is 5. The Balaban J connectivity index is 1.62. The molecule has 10 atom stereocenters. The number of rotatable bonds is 4. The lowest BCUT2D eigenvalue weighted by molar-refractivity contribution is -0.231. The predicted octanol–water partition coefficient (Wildman–Crippen LogP) is 4.45. The van der Waals surface area contributed by atoms with E-state index in [1.807, 2.05) is 0 Å². The molecule has 4 aliphatic carbocycles. The Morgan fingerprint density at radius 1 is 1.24 bits per heavy atom. The lowest BCUT2D eigenvalue weighted by Gasteiger charge is -2.63. The molecular formula is C28H35F3O6S. The maximum Gasteiger partial charge on any atom is 0.315 e. The van der Waals surface area contributed by atoms with Gasteiger partial charge >= 0.3 is 5.97 Å². The molecule has 4 fully saturated rings. The highest BCUT2D eigenvalue weighted by Crippen LogP contribution is 2.72. The Labute approximate surface area is 224 Å². The maximum absolute atomic E-state index is 17.4. The number of carbonyl (C=O) groups excluding carboxylic acids is 3. The van der Waals surface area contributed by atoms with Gasteiger partial charge < -0.3 is 14.6 Å². The predicted molar refractivity (Wildman–Crippen MR) is 134 cm³/mol. The number of aliphatic hydroxyl groups is 1. The summed E-state index contributed by atoms with van der Waals surface area (Å²) in [4.78, 5) is 39.3. The largest absolute Gasteiger partial charge is 0.449 e. The van der Waals surface area contributed by atoms with E-state index >= 15 is 8.78 Å². The zero-order valence-corrected chi connectivity index (χ0v) is 22.9. The number of halogens is 3. The van der Waals surface area contributed by atoms with E-state index < -0.39 is 80.4 Å². The van der Waals surface area contributed by atoms with E-state index in [4.69, 9.17) is 9.47 Å². The van der Waals surface area contributed by atoms with Gasteiger partial charge in [-0.3, -0.25) is 14.4 Å². The third kappa shape index (κ3) is 3.38. The highest BCUT2D eigenvalue weighted by atomic mass is 32.2. The summed E-state index contributed by atoms with van der Waals surface area (Å²) in [6.07, 6.45) is 0.462. The SMILES string of the molecule is CC1C[C@H]2[C@@H]3CC(F)C4=CC(=O)C=C[C@]4(C)C3(F)C(O)C[C@]2(C)C1(OC(=O)[C@@]1(C)CCOC1)C(=O)SCF. The van der Waals surface area contributed by atoms with Crippen molar-refractivity contribution in [3.05, 3.63) is 23.8 Å². The van der Waals surface area contributed by atoms with E-state index in [0.29, 0.717) is 24.8 Å². The molecule has 5 aliphatic rings. The van der Waals surface area contributed by atoms with Gasteiger partial charge in [0, 0.05) is 29.3 Å². The molecule has 1 heterocycles. The fourth-order valence-electron chi connectivity index (χ4n) is 8.47. The van der Waals surface area contributed by atoms with Crippen molar-refractivity contribution < 1.29 is 42.1 Å². The van der Waals surface area contributed by atoms with Crippen molar-refractivity contribution >= 4 is 28.6 Å². The van der Waals surface area contributed by atoms with Crippen LogP contribution < -0.4 is 0 Å². The molecule has 0 spiro atoms. The highest BCUT2D eigenvalue weighted by Gasteiger charge is 2.78. The van der Waals surface area contributed by atoms with E-state index in [0.717, 1.165) is 6.08 Å². The van der Waals surface area contributed by atoms with Crippen LogP contribution in [0.2, 0.25) is 0 Å². The van der Waals surface area contributed by atoms with Crippen LogP contribution in [0.15, 0.2) is 23.8 Å². The first-order valence-corrected chi connectivity index (χ1v) is 14.2. The van der Waals surface area contributed by atoms with Gasteiger partial charge in [0.1, 0.15) is 12.2 Å². The third-order valence-electron chi connectivity index (χ3n) is 10.6. The van der Waals surface area contributed by atoms with Crippen LogP contribution in [0.3, 0.4) is 0 Å². The van der Waals surface area contributed by atoms with Gasteiger partial charge in [0.05, 0.1) is 18.1 Å². The molecule has 6 nitrogen and oxygen atoms in total. The van der Waals surface area contributed by atoms with Crippen molar-refractivity contribution in [3.63, 3.8) is 0 Å². The third-order valence-corrected chi connectivity index (χ3v) is 11.3. The van der Waals surface area contributed by atoms with E-state index in [9.17, 15) is 23.9 Å². The number of hydrogen-bond acceptors (Lipinski definition) is 7. The van der Waals surface area contributed by atoms with E-state index in [2.05, 4.69) is 0 Å². The molecular weight excluding hydrogens is 521 g/mol. The standard InChI is InChI=1S/C28H35F3O6S/c1-15-9-17-18-11-20(30)19-10-16(32)5-6-25(19,3)27(18,31)21(33)12-26(17,4)28(15,23(35)38-14-29)37-22(34)24(2)7-8-36-13-24/h5-6,10,15,17-18,20-21,33H,7-9,11-14H2,1-4H3/t15?,17-,18-,20?,21?,24-,25-,26-,27?,28?/m0/s1. The van der Waals surface area contributed by atoms with Crippen LogP contribution >= 0.6 is 11.8 Å².